The summed E-state index contributed by atoms with van der Waals surface area (Å²) in [6.07, 6.45) is -14.9. The van der Waals surface area contributed by atoms with Crippen molar-refractivity contribution in [2.75, 3.05) is 13.2 Å². The number of nitrogens with zero attached hydrogens (tertiary/aromatic N) is 1. The van der Waals surface area contributed by atoms with Gasteiger partial charge in [0.2, 0.25) is 5.91 Å². The summed E-state index contributed by atoms with van der Waals surface area (Å²) in [7, 11) is -4.70. The predicted molar refractivity (Wildman–Crippen MR) is 133 cm³/mol. The average Bonchev–Trinajstić information content (AvgIpc) is 3.49. The molecular formula is C28H25F10NO4S. The third kappa shape index (κ3) is 4.69. The Morgan fingerprint density at radius 1 is 0.955 bits per heavy atom. The molecule has 0 spiro atoms. The van der Waals surface area contributed by atoms with Crippen LogP contribution in [0.1, 0.15) is 42.4 Å². The molecule has 1 N–H and O–H groups in total. The number of fused-ring (bicyclic) bond motifs is 3. The lowest BCUT2D eigenvalue weighted by molar-refractivity contribution is -0.348. The van der Waals surface area contributed by atoms with Crippen molar-refractivity contribution in [2.45, 2.75) is 71.7 Å². The molecule has 1 amide bonds. The van der Waals surface area contributed by atoms with Gasteiger partial charge in [-0.15, -0.1) is 0 Å². The summed E-state index contributed by atoms with van der Waals surface area (Å²) in [6.45, 7) is -1.84. The lowest BCUT2D eigenvalue weighted by Gasteiger charge is -2.43. The van der Waals surface area contributed by atoms with E-state index < -0.39 is 105 Å². The second-order valence-corrected chi connectivity index (χ2v) is 13.7. The fourth-order valence-electron chi connectivity index (χ4n) is 7.21. The van der Waals surface area contributed by atoms with Crippen LogP contribution >= 0.6 is 0 Å². The van der Waals surface area contributed by atoms with Gasteiger partial charge >= 0.3 is 18.0 Å². The van der Waals surface area contributed by atoms with E-state index in [0.717, 1.165) is 29.2 Å². The van der Waals surface area contributed by atoms with E-state index in [1.807, 2.05) is 0 Å². The Balaban J connectivity index is 1.67. The highest BCUT2D eigenvalue weighted by Gasteiger charge is 2.74. The Kier molecular flexibility index (Phi) is 7.63. The zero-order chi connectivity index (χ0) is 32.7. The van der Waals surface area contributed by atoms with E-state index in [4.69, 9.17) is 0 Å². The molecule has 242 valence electrons. The van der Waals surface area contributed by atoms with Gasteiger partial charge < -0.3 is 10.0 Å². The number of likely N-dealkylation sites (tertiary alicyclic amines) is 1. The van der Waals surface area contributed by atoms with Crippen LogP contribution in [0.25, 0.3) is 0 Å². The highest BCUT2D eigenvalue weighted by molar-refractivity contribution is 7.92. The number of carbonyl (C=O) groups is 1. The van der Waals surface area contributed by atoms with Crippen LogP contribution < -0.4 is 0 Å². The molecule has 2 fully saturated rings. The number of aliphatic hydroxyl groups excluding tert-OH is 1. The van der Waals surface area contributed by atoms with Crippen LogP contribution in [-0.2, 0) is 31.5 Å². The Morgan fingerprint density at radius 3 is 2.14 bits per heavy atom. The Hall–Kier alpha value is -2.88. The van der Waals surface area contributed by atoms with Gasteiger partial charge in [-0.1, -0.05) is 18.2 Å². The van der Waals surface area contributed by atoms with E-state index in [1.54, 1.807) is 0 Å². The fourth-order valence-corrected chi connectivity index (χ4v) is 9.68. The lowest BCUT2D eigenvalue weighted by Crippen LogP contribution is -2.51. The zero-order valence-electron chi connectivity index (χ0n) is 22.5. The Labute approximate surface area is 244 Å². The maximum absolute atomic E-state index is 14.9. The third-order valence-corrected chi connectivity index (χ3v) is 11.7. The number of hydrogen-bond acceptors (Lipinski definition) is 4. The van der Waals surface area contributed by atoms with Crippen molar-refractivity contribution < 1.29 is 62.2 Å². The number of carbonyl (C=O) groups excluding carboxylic acids is 1. The largest absolute Gasteiger partial charge is 0.435 e. The van der Waals surface area contributed by atoms with Crippen molar-refractivity contribution in [1.82, 2.24) is 4.90 Å². The highest BCUT2D eigenvalue weighted by atomic mass is 32.2. The minimum atomic E-state index is -6.42. The number of rotatable bonds is 5. The molecule has 2 aromatic rings. The van der Waals surface area contributed by atoms with Crippen LogP contribution in [0.15, 0.2) is 47.4 Å². The van der Waals surface area contributed by atoms with Crippen LogP contribution in [0, 0.1) is 17.7 Å². The molecule has 5 rings (SSSR count). The van der Waals surface area contributed by atoms with Crippen LogP contribution in [0.3, 0.4) is 0 Å². The first-order valence-electron chi connectivity index (χ1n) is 13.5. The summed E-state index contributed by atoms with van der Waals surface area (Å²) in [5, 5.41) is 9.64. The molecule has 0 radical (unpaired) electrons. The molecule has 1 saturated carbocycles. The molecule has 16 heteroatoms. The zero-order valence-corrected chi connectivity index (χ0v) is 23.3. The minimum Gasteiger partial charge on any atom is -0.394 e. The summed E-state index contributed by atoms with van der Waals surface area (Å²) in [5.74, 6) is -7.44. The second-order valence-electron chi connectivity index (χ2n) is 11.5. The van der Waals surface area contributed by atoms with Gasteiger partial charge in [0.25, 0.3) is 5.92 Å². The summed E-state index contributed by atoms with van der Waals surface area (Å²) < 4.78 is 165. The molecule has 0 unspecified atom stereocenters. The van der Waals surface area contributed by atoms with E-state index in [2.05, 4.69) is 0 Å². The quantitative estimate of drug-likeness (QED) is 0.316. The first-order valence-corrected chi connectivity index (χ1v) is 15.0. The van der Waals surface area contributed by atoms with Crippen LogP contribution in [-0.4, -0.2) is 61.8 Å². The van der Waals surface area contributed by atoms with Gasteiger partial charge in [0, 0.05) is 17.9 Å². The maximum Gasteiger partial charge on any atom is 0.435 e. The Bertz CT molecular complexity index is 1540. The number of benzene rings is 2. The molecule has 2 aliphatic carbocycles. The Morgan fingerprint density at radius 2 is 1.57 bits per heavy atom. The van der Waals surface area contributed by atoms with Crippen LogP contribution in [0.4, 0.5) is 43.9 Å². The summed E-state index contributed by atoms with van der Waals surface area (Å²) in [5.41, 5.74) is -8.16. The van der Waals surface area contributed by atoms with Gasteiger partial charge in [-0.2, -0.15) is 26.3 Å². The van der Waals surface area contributed by atoms with E-state index in [9.17, 15) is 62.2 Å². The van der Waals surface area contributed by atoms with Crippen molar-refractivity contribution in [3.05, 3.63) is 65.0 Å². The number of halogens is 10. The van der Waals surface area contributed by atoms with Gasteiger partial charge in [-0.3, -0.25) is 4.79 Å². The number of sulfone groups is 1. The van der Waals surface area contributed by atoms with Crippen molar-refractivity contribution in [1.29, 1.82) is 0 Å². The average molecular weight is 662 g/mol. The molecular weight excluding hydrogens is 636 g/mol. The fraction of sp³-hybridized carbons (Fsp3) is 0.536. The molecule has 1 saturated heterocycles. The topological polar surface area (TPSA) is 74.7 Å². The van der Waals surface area contributed by atoms with E-state index in [1.165, 1.54) is 0 Å². The number of aryl methyl sites for hydroxylation is 1. The van der Waals surface area contributed by atoms with E-state index in [0.29, 0.717) is 12.1 Å². The molecule has 1 heterocycles. The van der Waals surface area contributed by atoms with E-state index in [-0.39, 0.29) is 36.5 Å². The number of alkyl halides is 9. The minimum absolute atomic E-state index is 0.210. The second kappa shape index (κ2) is 10.3. The van der Waals surface area contributed by atoms with Gasteiger partial charge in [-0.25, -0.2) is 26.0 Å². The molecule has 1 aliphatic heterocycles. The van der Waals surface area contributed by atoms with Gasteiger partial charge in [-0.05, 0) is 67.0 Å². The molecule has 2 aromatic carbocycles. The van der Waals surface area contributed by atoms with Crippen molar-refractivity contribution in [3.8, 4) is 0 Å². The van der Waals surface area contributed by atoms with Crippen LogP contribution in [0.2, 0.25) is 0 Å². The maximum atomic E-state index is 14.9. The first kappa shape index (κ1) is 32.5. The standard InChI is InChI=1S/C28H25F10NO4S/c29-17-3-5-19(6-4-17)44(42,43)25-10-9-20(23(41)39-14-24(30,31)12-18(39)13-40)22(25)7-1-15-11-16(2-8-21(15)25)26(32,27(33,34)35)28(36,37)38/h2-6,8,11,18,20,22,40H,1,7,9-10,12-14H2/t18-,20-,22+,25-/m1/s1. The molecule has 3 aliphatic rings. The number of aliphatic hydroxyl groups is 1. The molecule has 4 atom stereocenters. The third-order valence-electron chi connectivity index (χ3n) is 9.17. The van der Waals surface area contributed by atoms with Gasteiger partial charge in [0.1, 0.15) is 10.6 Å². The normalized spacial score (nSPS) is 27.2. The summed E-state index contributed by atoms with van der Waals surface area (Å²) in [4.78, 5) is 14.0. The number of amides is 1. The predicted octanol–water partition coefficient (Wildman–Crippen LogP) is 5.99. The van der Waals surface area contributed by atoms with Crippen molar-refractivity contribution in [3.63, 3.8) is 0 Å². The lowest BCUT2D eigenvalue weighted by atomic mass is 9.72. The van der Waals surface area contributed by atoms with Crippen molar-refractivity contribution in [2.24, 2.45) is 11.8 Å². The molecule has 0 aromatic heterocycles. The summed E-state index contributed by atoms with van der Waals surface area (Å²) in [6, 6.07) is 3.43. The van der Waals surface area contributed by atoms with Crippen LogP contribution in [0.5, 0.6) is 0 Å². The van der Waals surface area contributed by atoms with Crippen molar-refractivity contribution >= 4 is 15.7 Å². The van der Waals surface area contributed by atoms with Gasteiger partial charge in [0.05, 0.1) is 24.1 Å². The van der Waals surface area contributed by atoms with E-state index >= 15 is 0 Å². The summed E-state index contributed by atoms with van der Waals surface area (Å²) >= 11 is 0. The first-order chi connectivity index (χ1) is 20.2. The molecule has 0 bridgehead atoms. The SMILES string of the molecule is O=C([C@@H]1CC[C@@]2(S(=O)(=O)c3ccc(F)cc3)c3ccc(C(F)(C(F)(F)F)C(F)(F)F)cc3CC[C@@H]12)N1CC(F)(F)C[C@@H]1CO. The highest BCUT2D eigenvalue weighted by Crippen LogP contribution is 2.61. The monoisotopic (exact) mass is 661 g/mol. The smallest absolute Gasteiger partial charge is 0.394 e. The molecule has 5 nitrogen and oxygen atoms in total. The molecule has 44 heavy (non-hydrogen) atoms. The van der Waals surface area contributed by atoms with Gasteiger partial charge in [0.15, 0.2) is 9.84 Å². The number of hydrogen-bond donors (Lipinski definition) is 1.